The van der Waals surface area contributed by atoms with Crippen LogP contribution >= 0.6 is 0 Å². The Morgan fingerprint density at radius 3 is 2.54 bits per heavy atom. The van der Waals surface area contributed by atoms with Gasteiger partial charge in [-0.15, -0.1) is 0 Å². The average molecular weight is 180 g/mol. The van der Waals surface area contributed by atoms with Gasteiger partial charge in [0.05, 0.1) is 13.7 Å². The van der Waals surface area contributed by atoms with Gasteiger partial charge in [0.25, 0.3) is 0 Å². The van der Waals surface area contributed by atoms with Crippen LogP contribution in [0.5, 0.6) is 0 Å². The lowest BCUT2D eigenvalue weighted by Gasteiger charge is -2.09. The summed E-state index contributed by atoms with van der Waals surface area (Å²) in [7, 11) is 1.54. The maximum Gasteiger partial charge on any atom is 0.0850 e. The second kappa shape index (κ2) is 5.73. The fourth-order valence-corrected chi connectivity index (χ4v) is 1.26. The van der Waals surface area contributed by atoms with Crippen molar-refractivity contribution < 1.29 is 9.78 Å². The summed E-state index contributed by atoms with van der Waals surface area (Å²) in [5.74, 6) is 0.488. The third-order valence-corrected chi connectivity index (χ3v) is 1.90. The Hall–Kier alpha value is -0.860. The maximum atomic E-state index is 4.87. The molecule has 0 fully saturated rings. The van der Waals surface area contributed by atoms with E-state index in [1.165, 1.54) is 12.7 Å². The highest BCUT2D eigenvalue weighted by Crippen LogP contribution is 2.08. The molecular weight excluding hydrogens is 164 g/mol. The number of hydrogen-bond donors (Lipinski definition) is 0. The van der Waals surface area contributed by atoms with Crippen molar-refractivity contribution in [3.63, 3.8) is 0 Å². The Bertz CT molecular complexity index is 221. The molecule has 0 aliphatic heterocycles. The van der Waals surface area contributed by atoms with E-state index in [1.54, 1.807) is 0 Å². The largest absolute Gasteiger partial charge is 0.240 e. The summed E-state index contributed by atoms with van der Waals surface area (Å²) < 4.78 is 0. The van der Waals surface area contributed by atoms with E-state index in [0.29, 0.717) is 12.5 Å². The van der Waals surface area contributed by atoms with Gasteiger partial charge in [-0.05, 0) is 17.9 Å². The van der Waals surface area contributed by atoms with Crippen LogP contribution in [0.25, 0.3) is 0 Å². The van der Waals surface area contributed by atoms with Gasteiger partial charge in [0.1, 0.15) is 0 Å². The summed E-state index contributed by atoms with van der Waals surface area (Å²) in [6.07, 6.45) is 1.03. The first-order valence-corrected chi connectivity index (χ1v) is 4.52. The Morgan fingerprint density at radius 1 is 1.23 bits per heavy atom. The van der Waals surface area contributed by atoms with Gasteiger partial charge in [0, 0.05) is 0 Å². The van der Waals surface area contributed by atoms with Gasteiger partial charge in [0.2, 0.25) is 0 Å². The van der Waals surface area contributed by atoms with Crippen molar-refractivity contribution in [3.05, 3.63) is 35.9 Å². The molecule has 0 spiro atoms. The minimum Gasteiger partial charge on any atom is -0.240 e. The molecule has 0 radical (unpaired) electrons. The first kappa shape index (κ1) is 10.2. The minimum absolute atomic E-state index is 0.488. The minimum atomic E-state index is 0.488. The zero-order valence-corrected chi connectivity index (χ0v) is 8.19. The van der Waals surface area contributed by atoms with Crippen molar-refractivity contribution >= 4 is 0 Å². The van der Waals surface area contributed by atoms with Crippen molar-refractivity contribution in [2.75, 3.05) is 13.7 Å². The highest BCUT2D eigenvalue weighted by atomic mass is 17.2. The van der Waals surface area contributed by atoms with Gasteiger partial charge in [-0.25, -0.2) is 9.78 Å². The van der Waals surface area contributed by atoms with Crippen LogP contribution in [0.1, 0.15) is 12.5 Å². The van der Waals surface area contributed by atoms with Crippen LogP contribution in [0.4, 0.5) is 0 Å². The molecule has 1 aromatic rings. The average Bonchev–Trinajstić information content (AvgIpc) is 2.16. The summed E-state index contributed by atoms with van der Waals surface area (Å²) in [4.78, 5) is 9.42. The third-order valence-electron chi connectivity index (χ3n) is 1.90. The molecule has 0 N–H and O–H groups in total. The van der Waals surface area contributed by atoms with Crippen LogP contribution in [0.3, 0.4) is 0 Å². The van der Waals surface area contributed by atoms with Crippen molar-refractivity contribution in [1.82, 2.24) is 0 Å². The molecule has 0 amide bonds. The van der Waals surface area contributed by atoms with E-state index in [1.807, 2.05) is 6.07 Å². The van der Waals surface area contributed by atoms with E-state index in [-0.39, 0.29) is 0 Å². The highest BCUT2D eigenvalue weighted by Gasteiger charge is 2.03. The Labute approximate surface area is 79.4 Å². The molecule has 2 nitrogen and oxygen atoms in total. The molecule has 1 aromatic carbocycles. The summed E-state index contributed by atoms with van der Waals surface area (Å²) in [6.45, 7) is 2.79. The van der Waals surface area contributed by atoms with Gasteiger partial charge in [-0.2, -0.15) is 0 Å². The lowest BCUT2D eigenvalue weighted by Crippen LogP contribution is -2.08. The SMILES string of the molecule is COOC[C@@H](C)Cc1ccccc1. The standard InChI is InChI=1S/C11H16O2/c1-10(9-13-12-2)8-11-6-4-3-5-7-11/h3-7,10H,8-9H2,1-2H3/t10-/m0/s1. The van der Waals surface area contributed by atoms with Gasteiger partial charge < -0.3 is 0 Å². The molecule has 0 heterocycles. The van der Waals surface area contributed by atoms with Crippen LogP contribution in [0.15, 0.2) is 30.3 Å². The van der Waals surface area contributed by atoms with Crippen molar-refractivity contribution in [1.29, 1.82) is 0 Å². The van der Waals surface area contributed by atoms with Gasteiger partial charge >= 0.3 is 0 Å². The summed E-state index contributed by atoms with van der Waals surface area (Å²) in [6, 6.07) is 10.4. The second-order valence-electron chi connectivity index (χ2n) is 3.25. The van der Waals surface area contributed by atoms with E-state index in [0.717, 1.165) is 6.42 Å². The lowest BCUT2D eigenvalue weighted by atomic mass is 10.0. The maximum absolute atomic E-state index is 4.87. The van der Waals surface area contributed by atoms with Gasteiger partial charge in [-0.3, -0.25) is 0 Å². The smallest absolute Gasteiger partial charge is 0.0850 e. The molecule has 0 bridgehead atoms. The van der Waals surface area contributed by atoms with Gasteiger partial charge in [-0.1, -0.05) is 37.3 Å². The molecule has 0 aliphatic rings. The fraction of sp³-hybridized carbons (Fsp3) is 0.455. The predicted molar refractivity (Wildman–Crippen MR) is 52.3 cm³/mol. The zero-order chi connectivity index (χ0) is 9.52. The Kier molecular flexibility index (Phi) is 4.50. The van der Waals surface area contributed by atoms with Crippen molar-refractivity contribution in [2.24, 2.45) is 5.92 Å². The van der Waals surface area contributed by atoms with Crippen LogP contribution in [0.2, 0.25) is 0 Å². The molecule has 72 valence electrons. The zero-order valence-electron chi connectivity index (χ0n) is 8.19. The van der Waals surface area contributed by atoms with Crippen LogP contribution < -0.4 is 0 Å². The number of benzene rings is 1. The molecule has 0 aliphatic carbocycles. The predicted octanol–water partition coefficient (Wildman–Crippen LogP) is 2.44. The first-order chi connectivity index (χ1) is 6.33. The molecule has 2 heteroatoms. The molecule has 0 saturated carbocycles. The summed E-state index contributed by atoms with van der Waals surface area (Å²) in [5, 5.41) is 0. The Balaban J connectivity index is 2.32. The highest BCUT2D eigenvalue weighted by molar-refractivity contribution is 5.14. The molecule has 1 atom stereocenters. The number of hydrogen-bond acceptors (Lipinski definition) is 2. The van der Waals surface area contributed by atoms with E-state index in [2.05, 4.69) is 36.1 Å². The van der Waals surface area contributed by atoms with E-state index in [9.17, 15) is 0 Å². The molecular formula is C11H16O2. The molecule has 13 heavy (non-hydrogen) atoms. The van der Waals surface area contributed by atoms with Crippen LogP contribution in [-0.2, 0) is 16.2 Å². The first-order valence-electron chi connectivity index (χ1n) is 4.52. The lowest BCUT2D eigenvalue weighted by molar-refractivity contribution is -0.278. The van der Waals surface area contributed by atoms with E-state index < -0.39 is 0 Å². The molecule has 1 rings (SSSR count). The van der Waals surface area contributed by atoms with E-state index >= 15 is 0 Å². The van der Waals surface area contributed by atoms with Gasteiger partial charge in [0.15, 0.2) is 0 Å². The molecule has 0 unspecified atom stereocenters. The molecule has 0 saturated heterocycles. The number of rotatable bonds is 5. The summed E-state index contributed by atoms with van der Waals surface area (Å²) in [5.41, 5.74) is 1.34. The third kappa shape index (κ3) is 4.06. The fourth-order valence-electron chi connectivity index (χ4n) is 1.26. The quantitative estimate of drug-likeness (QED) is 0.512. The monoisotopic (exact) mass is 180 g/mol. The summed E-state index contributed by atoms with van der Waals surface area (Å²) >= 11 is 0. The topological polar surface area (TPSA) is 18.5 Å². The van der Waals surface area contributed by atoms with Crippen molar-refractivity contribution in [2.45, 2.75) is 13.3 Å². The Morgan fingerprint density at radius 2 is 1.92 bits per heavy atom. The van der Waals surface area contributed by atoms with Crippen LogP contribution in [0, 0.1) is 5.92 Å². The van der Waals surface area contributed by atoms with Crippen LogP contribution in [-0.4, -0.2) is 13.7 Å². The van der Waals surface area contributed by atoms with E-state index in [4.69, 9.17) is 4.89 Å². The van der Waals surface area contributed by atoms with Crippen molar-refractivity contribution in [3.8, 4) is 0 Å². The molecule has 0 aromatic heterocycles. The normalized spacial score (nSPS) is 12.8. The second-order valence-corrected chi connectivity index (χ2v) is 3.25.